The van der Waals surface area contributed by atoms with Crippen molar-refractivity contribution in [2.24, 2.45) is 0 Å². The van der Waals surface area contributed by atoms with E-state index < -0.39 is 42.4 Å². The van der Waals surface area contributed by atoms with Crippen LogP contribution in [0.1, 0.15) is 10.4 Å². The number of rotatable bonds is 5. The summed E-state index contributed by atoms with van der Waals surface area (Å²) in [4.78, 5) is 22.1. The summed E-state index contributed by atoms with van der Waals surface area (Å²) in [7, 11) is 0. The van der Waals surface area contributed by atoms with Gasteiger partial charge in [0.25, 0.3) is 11.6 Å². The van der Waals surface area contributed by atoms with Crippen molar-refractivity contribution in [3.05, 3.63) is 33.9 Å². The molecule has 0 spiro atoms. The average Bonchev–Trinajstić information content (AvgIpc) is 2.35. The summed E-state index contributed by atoms with van der Waals surface area (Å²) in [6.07, 6.45) is -4.63. The molecule has 0 unspecified atom stereocenters. The molecule has 0 saturated carbocycles. The Morgan fingerprint density at radius 2 is 2.05 bits per heavy atom. The molecule has 0 aliphatic rings. The Balaban J connectivity index is 3.04. The molecule has 0 aliphatic carbocycles. The highest BCUT2D eigenvalue weighted by Crippen LogP contribution is 2.24. The normalized spacial score (nSPS) is 11.2. The quantitative estimate of drug-likeness (QED) is 0.482. The highest BCUT2D eigenvalue weighted by Gasteiger charge is 2.33. The molecular formula is C11H12F3N3O4. The minimum Gasteiger partial charge on any atom is -0.395 e. The highest BCUT2D eigenvalue weighted by atomic mass is 19.4. The summed E-state index contributed by atoms with van der Waals surface area (Å²) in [6.45, 7) is -2.71. The molecule has 116 valence electrons. The third kappa shape index (κ3) is 4.60. The zero-order valence-corrected chi connectivity index (χ0v) is 10.6. The molecule has 0 heterocycles. The molecule has 21 heavy (non-hydrogen) atoms. The maximum atomic E-state index is 12.4. The van der Waals surface area contributed by atoms with Crippen LogP contribution in [0, 0.1) is 10.1 Å². The molecule has 1 aromatic rings. The van der Waals surface area contributed by atoms with E-state index in [1.165, 1.54) is 0 Å². The Bertz CT molecular complexity index is 548. The second-order valence-corrected chi connectivity index (χ2v) is 4.10. The molecule has 3 N–H and O–H groups in total. The van der Waals surface area contributed by atoms with Gasteiger partial charge in [-0.15, -0.1) is 0 Å². The molecule has 0 saturated heterocycles. The van der Waals surface area contributed by atoms with Crippen LogP contribution in [0.15, 0.2) is 18.2 Å². The van der Waals surface area contributed by atoms with E-state index in [1.54, 1.807) is 0 Å². The fourth-order valence-electron chi connectivity index (χ4n) is 1.63. The lowest BCUT2D eigenvalue weighted by Crippen LogP contribution is -2.40. The largest absolute Gasteiger partial charge is 0.406 e. The predicted molar refractivity (Wildman–Crippen MR) is 66.6 cm³/mol. The Hall–Kier alpha value is -2.36. The van der Waals surface area contributed by atoms with Crippen LogP contribution >= 0.6 is 0 Å². The highest BCUT2D eigenvalue weighted by molar-refractivity contribution is 5.95. The smallest absolute Gasteiger partial charge is 0.395 e. The number of nitrogen functional groups attached to an aromatic ring is 1. The van der Waals surface area contributed by atoms with Gasteiger partial charge in [-0.25, -0.2) is 0 Å². The van der Waals surface area contributed by atoms with E-state index in [2.05, 4.69) is 0 Å². The number of anilines is 1. The number of amides is 1. The van der Waals surface area contributed by atoms with Crippen molar-refractivity contribution in [1.82, 2.24) is 4.90 Å². The van der Waals surface area contributed by atoms with Crippen LogP contribution in [0.4, 0.5) is 24.5 Å². The van der Waals surface area contributed by atoms with E-state index in [-0.39, 0.29) is 11.3 Å². The van der Waals surface area contributed by atoms with Gasteiger partial charge in [-0.1, -0.05) is 0 Å². The monoisotopic (exact) mass is 307 g/mol. The maximum Gasteiger partial charge on any atom is 0.406 e. The van der Waals surface area contributed by atoms with Gasteiger partial charge in [-0.3, -0.25) is 14.9 Å². The van der Waals surface area contributed by atoms with E-state index in [0.29, 0.717) is 4.90 Å². The summed E-state index contributed by atoms with van der Waals surface area (Å²) in [6, 6.07) is 2.88. The summed E-state index contributed by atoms with van der Waals surface area (Å²) >= 11 is 0. The van der Waals surface area contributed by atoms with Crippen molar-refractivity contribution >= 4 is 17.3 Å². The Kier molecular flexibility index (Phi) is 5.08. The van der Waals surface area contributed by atoms with E-state index in [1.807, 2.05) is 0 Å². The molecule has 0 aromatic heterocycles. The average molecular weight is 307 g/mol. The van der Waals surface area contributed by atoms with Gasteiger partial charge in [0.1, 0.15) is 12.2 Å². The second-order valence-electron chi connectivity index (χ2n) is 4.10. The molecule has 10 heteroatoms. The first-order valence-corrected chi connectivity index (χ1v) is 5.66. The summed E-state index contributed by atoms with van der Waals surface area (Å²) in [5.41, 5.74) is 4.37. The van der Waals surface area contributed by atoms with Crippen molar-refractivity contribution in [1.29, 1.82) is 0 Å². The minimum absolute atomic E-state index is 0.226. The van der Waals surface area contributed by atoms with Crippen LogP contribution in [-0.2, 0) is 0 Å². The van der Waals surface area contributed by atoms with E-state index in [4.69, 9.17) is 10.8 Å². The van der Waals surface area contributed by atoms with Crippen molar-refractivity contribution in [3.8, 4) is 0 Å². The van der Waals surface area contributed by atoms with Crippen LogP contribution in [0.2, 0.25) is 0 Å². The number of nitro benzene ring substituents is 1. The molecule has 0 fully saturated rings. The Morgan fingerprint density at radius 3 is 2.48 bits per heavy atom. The molecule has 1 aromatic carbocycles. The molecule has 0 radical (unpaired) electrons. The lowest BCUT2D eigenvalue weighted by atomic mass is 10.1. The first-order valence-electron chi connectivity index (χ1n) is 5.66. The zero-order chi connectivity index (χ0) is 16.2. The maximum absolute atomic E-state index is 12.4. The number of hydrogen-bond donors (Lipinski definition) is 2. The number of carbonyl (C=O) groups is 1. The number of alkyl halides is 3. The van der Waals surface area contributed by atoms with E-state index in [9.17, 15) is 28.1 Å². The lowest BCUT2D eigenvalue weighted by Gasteiger charge is -2.23. The van der Waals surface area contributed by atoms with Gasteiger partial charge >= 0.3 is 6.18 Å². The lowest BCUT2D eigenvalue weighted by molar-refractivity contribution is -0.383. The summed E-state index contributed by atoms with van der Waals surface area (Å²) < 4.78 is 37.1. The SMILES string of the molecule is Nc1cc(C(=O)N(CCO)CC(F)(F)F)ccc1[N+](=O)[O-]. The molecule has 0 atom stereocenters. The van der Waals surface area contributed by atoms with Crippen molar-refractivity contribution < 1.29 is 28.0 Å². The Morgan fingerprint density at radius 1 is 1.43 bits per heavy atom. The molecule has 0 bridgehead atoms. The predicted octanol–water partition coefficient (Wildman–Crippen LogP) is 1.17. The van der Waals surface area contributed by atoms with Gasteiger partial charge in [0.2, 0.25) is 0 Å². The number of nitrogens with zero attached hydrogens (tertiary/aromatic N) is 2. The van der Waals surface area contributed by atoms with E-state index in [0.717, 1.165) is 18.2 Å². The number of nitro groups is 1. The number of carbonyl (C=O) groups excluding carboxylic acids is 1. The van der Waals surface area contributed by atoms with Crippen LogP contribution in [0.25, 0.3) is 0 Å². The third-order valence-corrected chi connectivity index (χ3v) is 2.50. The van der Waals surface area contributed by atoms with Gasteiger partial charge in [0.05, 0.1) is 11.5 Å². The van der Waals surface area contributed by atoms with Gasteiger partial charge in [-0.05, 0) is 12.1 Å². The third-order valence-electron chi connectivity index (χ3n) is 2.50. The first kappa shape index (κ1) is 16.7. The number of benzene rings is 1. The molecule has 1 amide bonds. The van der Waals surface area contributed by atoms with Gasteiger partial charge in [-0.2, -0.15) is 13.2 Å². The first-order chi connectivity index (χ1) is 9.65. The number of aliphatic hydroxyl groups excluding tert-OH is 1. The number of hydrogen-bond acceptors (Lipinski definition) is 5. The van der Waals surface area contributed by atoms with Crippen molar-refractivity contribution in [2.75, 3.05) is 25.4 Å². The minimum atomic E-state index is -4.63. The molecular weight excluding hydrogens is 295 g/mol. The van der Waals surface area contributed by atoms with Gasteiger partial charge in [0, 0.05) is 18.2 Å². The van der Waals surface area contributed by atoms with Gasteiger partial charge in [0.15, 0.2) is 0 Å². The van der Waals surface area contributed by atoms with Crippen LogP contribution in [-0.4, -0.2) is 46.7 Å². The number of halogens is 3. The standard InChI is InChI=1S/C11H12F3N3O4/c12-11(13,14)6-16(3-4-18)10(19)7-1-2-9(17(20)21)8(15)5-7/h1-2,5,18H,3-4,6,15H2. The summed E-state index contributed by atoms with van der Waals surface area (Å²) in [5, 5.41) is 19.3. The van der Waals surface area contributed by atoms with Crippen LogP contribution in [0.3, 0.4) is 0 Å². The van der Waals surface area contributed by atoms with Crippen molar-refractivity contribution in [3.63, 3.8) is 0 Å². The Labute approximate surface area is 116 Å². The fraction of sp³-hybridized carbons (Fsp3) is 0.364. The molecule has 7 nitrogen and oxygen atoms in total. The fourth-order valence-corrected chi connectivity index (χ4v) is 1.63. The van der Waals surface area contributed by atoms with E-state index >= 15 is 0 Å². The molecule has 0 aliphatic heterocycles. The zero-order valence-electron chi connectivity index (χ0n) is 10.6. The second kappa shape index (κ2) is 6.39. The van der Waals surface area contributed by atoms with Crippen molar-refractivity contribution in [2.45, 2.75) is 6.18 Å². The van der Waals surface area contributed by atoms with Crippen LogP contribution in [0.5, 0.6) is 0 Å². The summed E-state index contributed by atoms with van der Waals surface area (Å²) in [5.74, 6) is -1.03. The molecule has 1 rings (SSSR count). The van der Waals surface area contributed by atoms with Gasteiger partial charge < -0.3 is 15.7 Å². The topological polar surface area (TPSA) is 110 Å². The number of aliphatic hydroxyl groups is 1. The van der Waals surface area contributed by atoms with Crippen LogP contribution < -0.4 is 5.73 Å². The number of nitrogens with two attached hydrogens (primary N) is 1.